The predicted octanol–water partition coefficient (Wildman–Crippen LogP) is 23.4. The van der Waals surface area contributed by atoms with Crippen molar-refractivity contribution in [2.75, 3.05) is 39.6 Å². The highest BCUT2D eigenvalue weighted by Crippen LogP contribution is 2.45. The van der Waals surface area contributed by atoms with Gasteiger partial charge in [0.25, 0.3) is 0 Å². The maximum atomic E-state index is 13.1. The zero-order chi connectivity index (χ0) is 72.3. The Bertz CT molecular complexity index is 1910. The van der Waals surface area contributed by atoms with Crippen LogP contribution in [-0.2, 0) is 65.4 Å². The number of unbranched alkanes of at least 4 members (excludes halogenated alkanes) is 43. The van der Waals surface area contributed by atoms with E-state index in [1.165, 1.54) is 218 Å². The molecule has 3 N–H and O–H groups in total. The lowest BCUT2D eigenvalue weighted by Gasteiger charge is -2.21. The number of aliphatic hydroxyl groups excluding tert-OH is 1. The van der Waals surface area contributed by atoms with Gasteiger partial charge in [-0.3, -0.25) is 37.3 Å². The van der Waals surface area contributed by atoms with Crippen molar-refractivity contribution in [1.82, 2.24) is 0 Å². The van der Waals surface area contributed by atoms with Crippen LogP contribution < -0.4 is 0 Å². The van der Waals surface area contributed by atoms with Crippen molar-refractivity contribution < 1.29 is 80.2 Å². The molecule has 0 aliphatic heterocycles. The summed E-state index contributed by atoms with van der Waals surface area (Å²) in [6, 6.07) is 0. The highest BCUT2D eigenvalue weighted by atomic mass is 31.2. The maximum absolute atomic E-state index is 13.1. The first-order valence-electron chi connectivity index (χ1n) is 40.9. The van der Waals surface area contributed by atoms with Gasteiger partial charge in [-0.25, -0.2) is 9.13 Å². The van der Waals surface area contributed by atoms with Crippen LogP contribution in [0.2, 0.25) is 0 Å². The van der Waals surface area contributed by atoms with Crippen LogP contribution in [0.4, 0.5) is 0 Å². The summed E-state index contributed by atoms with van der Waals surface area (Å²) >= 11 is 0. The first kappa shape index (κ1) is 96.1. The number of rotatable bonds is 77. The molecule has 17 nitrogen and oxygen atoms in total. The molecule has 0 amide bonds. The van der Waals surface area contributed by atoms with Gasteiger partial charge in [-0.15, -0.1) is 0 Å². The van der Waals surface area contributed by atoms with E-state index in [1.54, 1.807) is 0 Å². The Morgan fingerprint density at radius 2 is 0.520 bits per heavy atom. The normalized spacial score (nSPS) is 14.6. The van der Waals surface area contributed by atoms with Gasteiger partial charge < -0.3 is 33.8 Å². The average Bonchev–Trinajstić information content (AvgIpc) is 1.02. The zero-order valence-electron chi connectivity index (χ0n) is 64.3. The van der Waals surface area contributed by atoms with Crippen molar-refractivity contribution in [3.05, 3.63) is 0 Å². The molecule has 4 unspecified atom stereocenters. The molecule has 0 aromatic carbocycles. The van der Waals surface area contributed by atoms with Gasteiger partial charge >= 0.3 is 39.5 Å². The van der Waals surface area contributed by atoms with E-state index in [2.05, 4.69) is 48.5 Å². The third kappa shape index (κ3) is 69.8. The minimum absolute atomic E-state index is 0.105. The second kappa shape index (κ2) is 69.4. The Hall–Kier alpha value is -1.94. The molecule has 7 atom stereocenters. The highest BCUT2D eigenvalue weighted by Gasteiger charge is 2.30. The number of ether oxygens (including phenoxy) is 4. The van der Waals surface area contributed by atoms with Gasteiger partial charge in [-0.1, -0.05) is 357 Å². The van der Waals surface area contributed by atoms with Crippen molar-refractivity contribution >= 4 is 39.5 Å². The lowest BCUT2D eigenvalue weighted by atomic mass is 9.99. The average molecular weight is 1440 g/mol. The Labute approximate surface area is 600 Å². The van der Waals surface area contributed by atoms with E-state index in [1.807, 2.05) is 0 Å². The molecule has 0 aliphatic rings. The maximum Gasteiger partial charge on any atom is 0.472 e. The number of carbonyl (C=O) groups is 4. The molecule has 0 saturated carbocycles. The van der Waals surface area contributed by atoms with Crippen LogP contribution in [0, 0.1) is 17.8 Å². The number of hydrogen-bond donors (Lipinski definition) is 3. The molecule has 0 fully saturated rings. The van der Waals surface area contributed by atoms with Gasteiger partial charge in [-0.2, -0.15) is 0 Å². The molecule has 0 radical (unpaired) electrons. The van der Waals surface area contributed by atoms with Crippen LogP contribution in [0.15, 0.2) is 0 Å². The molecule has 98 heavy (non-hydrogen) atoms. The number of phosphoric ester groups is 2. The summed E-state index contributed by atoms with van der Waals surface area (Å²) in [6.45, 7) is 12.0. The summed E-state index contributed by atoms with van der Waals surface area (Å²) in [7, 11) is -9.92. The summed E-state index contributed by atoms with van der Waals surface area (Å²) in [5, 5.41) is 10.6. The molecule has 0 aliphatic carbocycles. The molecule has 0 rings (SSSR count). The highest BCUT2D eigenvalue weighted by molar-refractivity contribution is 7.47. The van der Waals surface area contributed by atoms with Gasteiger partial charge in [0.1, 0.15) is 19.3 Å². The number of phosphoric acid groups is 2. The number of esters is 4. The van der Waals surface area contributed by atoms with Crippen LogP contribution in [0.25, 0.3) is 0 Å². The van der Waals surface area contributed by atoms with Crippen LogP contribution in [-0.4, -0.2) is 96.7 Å². The van der Waals surface area contributed by atoms with Crippen molar-refractivity contribution in [2.45, 2.75) is 426 Å². The monoisotopic (exact) mass is 1440 g/mol. The summed E-state index contributed by atoms with van der Waals surface area (Å²) in [4.78, 5) is 72.9. The Morgan fingerprint density at radius 1 is 0.296 bits per heavy atom. The lowest BCUT2D eigenvalue weighted by Crippen LogP contribution is -2.30. The largest absolute Gasteiger partial charge is 0.472 e. The van der Waals surface area contributed by atoms with Crippen LogP contribution in [0.5, 0.6) is 0 Å². The minimum atomic E-state index is -4.96. The quantitative estimate of drug-likeness (QED) is 0.0222. The minimum Gasteiger partial charge on any atom is -0.462 e. The number of aliphatic hydroxyl groups is 1. The second-order valence-corrected chi connectivity index (χ2v) is 32.3. The van der Waals surface area contributed by atoms with E-state index in [0.717, 1.165) is 108 Å². The summed E-state index contributed by atoms with van der Waals surface area (Å²) in [6.07, 6.45) is 56.8. The molecule has 19 heteroatoms. The Kier molecular flexibility index (Phi) is 68.1. The van der Waals surface area contributed by atoms with E-state index in [-0.39, 0.29) is 25.7 Å². The van der Waals surface area contributed by atoms with Gasteiger partial charge in [0.15, 0.2) is 12.2 Å². The van der Waals surface area contributed by atoms with E-state index >= 15 is 0 Å². The predicted molar refractivity (Wildman–Crippen MR) is 400 cm³/mol. The summed E-state index contributed by atoms with van der Waals surface area (Å²) in [5.74, 6) is 0.269. The van der Waals surface area contributed by atoms with E-state index < -0.39 is 97.5 Å². The second-order valence-electron chi connectivity index (χ2n) is 29.4. The first-order valence-corrected chi connectivity index (χ1v) is 43.9. The fourth-order valence-electron chi connectivity index (χ4n) is 12.1. The van der Waals surface area contributed by atoms with E-state index in [4.69, 9.17) is 37.0 Å². The van der Waals surface area contributed by atoms with Gasteiger partial charge in [0, 0.05) is 25.7 Å². The molecule has 582 valence electrons. The van der Waals surface area contributed by atoms with Crippen molar-refractivity contribution in [3.63, 3.8) is 0 Å². The number of hydrogen-bond acceptors (Lipinski definition) is 15. The fourth-order valence-corrected chi connectivity index (χ4v) is 13.6. The van der Waals surface area contributed by atoms with E-state index in [0.29, 0.717) is 25.7 Å². The van der Waals surface area contributed by atoms with Crippen molar-refractivity contribution in [1.29, 1.82) is 0 Å². The molecule has 0 bridgehead atoms. The zero-order valence-corrected chi connectivity index (χ0v) is 66.0. The lowest BCUT2D eigenvalue weighted by molar-refractivity contribution is -0.161. The molecule has 0 spiro atoms. The molecule has 0 aromatic rings. The van der Waals surface area contributed by atoms with Crippen LogP contribution >= 0.6 is 15.6 Å². The SMILES string of the molecule is CCCCCCCCCCCCCCC(=O)OC[C@H](COP(=O)(O)OC[C@H](O)COP(=O)(O)OC[C@@H](COC(=O)CCCCCCCCCCCC(C)C)OC(=O)CCCCCCCCCCCCCCCCCCCCC(C)CC)OC(=O)CCCCCCCCCCC(C)CC. The Balaban J connectivity index is 5.20. The smallest absolute Gasteiger partial charge is 0.462 e. The van der Waals surface area contributed by atoms with Gasteiger partial charge in [0.2, 0.25) is 0 Å². The summed E-state index contributed by atoms with van der Waals surface area (Å²) in [5.41, 5.74) is 0. The van der Waals surface area contributed by atoms with Crippen molar-refractivity contribution in [3.8, 4) is 0 Å². The molecule has 0 heterocycles. The third-order valence-corrected chi connectivity index (χ3v) is 21.0. The molecular weight excluding hydrogens is 1280 g/mol. The molecule has 0 aromatic heterocycles. The summed E-state index contributed by atoms with van der Waals surface area (Å²) < 4.78 is 68.6. The molecular formula is C79H154O17P2. The van der Waals surface area contributed by atoms with Crippen LogP contribution in [0.3, 0.4) is 0 Å². The topological polar surface area (TPSA) is 237 Å². The van der Waals surface area contributed by atoms with Gasteiger partial charge in [-0.05, 0) is 43.4 Å². The number of carbonyl (C=O) groups excluding carboxylic acids is 4. The van der Waals surface area contributed by atoms with Gasteiger partial charge in [0.05, 0.1) is 26.4 Å². The fraction of sp³-hybridized carbons (Fsp3) is 0.949. The first-order chi connectivity index (χ1) is 47.3. The Morgan fingerprint density at radius 3 is 0.776 bits per heavy atom. The third-order valence-electron chi connectivity index (χ3n) is 19.1. The molecule has 0 saturated heterocycles. The van der Waals surface area contributed by atoms with Crippen LogP contribution in [0.1, 0.15) is 408 Å². The van der Waals surface area contributed by atoms with E-state index in [9.17, 15) is 43.2 Å². The standard InChI is InChI=1S/C79H154O17P2/c1-8-11-12-13-14-15-16-26-31-39-46-53-60-76(81)89-67-75(96-79(84)63-56-49-42-35-34-38-45-52-59-72(7)10-3)69-94-98(87,88)92-65-73(80)64-91-97(85,86)93-68-74(66-90-77(82)61-54-47-40-33-28-29-36-43-50-57-70(4)5)95-78(83)62-55-48-41-32-27-24-22-20-18-17-19-21-23-25-30-37-44-51-58-71(6)9-2/h70-75,80H,8-69H2,1-7H3,(H,85,86)(H,87,88)/t71?,72?,73-,74-,75-/m1/s1. The van der Waals surface area contributed by atoms with Crippen molar-refractivity contribution in [2.24, 2.45) is 17.8 Å².